The number of H-pyrrole nitrogens is 1. The first kappa shape index (κ1) is 35.6. The summed E-state index contributed by atoms with van der Waals surface area (Å²) < 4.78 is 31.3. The number of aromatic amines is 1. The van der Waals surface area contributed by atoms with Crippen LogP contribution in [0.5, 0.6) is 0 Å². The van der Waals surface area contributed by atoms with Crippen molar-refractivity contribution in [2.45, 2.75) is 43.3 Å². The molecule has 1 aliphatic heterocycles. The molecule has 3 aromatic carbocycles. The molecule has 0 bridgehead atoms. The van der Waals surface area contributed by atoms with E-state index in [1.54, 1.807) is 53.0 Å². The van der Waals surface area contributed by atoms with Crippen LogP contribution in [0.4, 0.5) is 0 Å². The van der Waals surface area contributed by atoms with Gasteiger partial charge in [-0.3, -0.25) is 9.56 Å². The average molecular weight is 737 g/mol. The minimum Gasteiger partial charge on any atom is -0.370 e. The monoisotopic (exact) mass is 735 g/mol. The lowest BCUT2D eigenvalue weighted by Gasteiger charge is -2.34. The number of piperidine rings is 1. The molecule has 0 spiro atoms. The van der Waals surface area contributed by atoms with Gasteiger partial charge in [0.2, 0.25) is 10.0 Å². The van der Waals surface area contributed by atoms with E-state index in [-0.39, 0.29) is 23.4 Å². The Morgan fingerprint density at radius 3 is 2.40 bits per heavy atom. The van der Waals surface area contributed by atoms with Crippen molar-refractivity contribution in [3.63, 3.8) is 0 Å². The summed E-state index contributed by atoms with van der Waals surface area (Å²) in [5.41, 5.74) is 14.7. The van der Waals surface area contributed by atoms with Gasteiger partial charge in [0.05, 0.1) is 20.6 Å². The molecule has 0 aliphatic carbocycles. The molecule has 0 atom stereocenters. The van der Waals surface area contributed by atoms with Gasteiger partial charge in [0.25, 0.3) is 0 Å². The Morgan fingerprint density at radius 1 is 0.980 bits per heavy atom. The van der Waals surface area contributed by atoms with Crippen molar-refractivity contribution in [3.8, 4) is 16.9 Å². The van der Waals surface area contributed by atoms with Crippen molar-refractivity contribution < 1.29 is 8.42 Å². The zero-order valence-electron chi connectivity index (χ0n) is 27.3. The number of hydrogen-bond acceptors (Lipinski definition) is 7. The lowest BCUT2D eigenvalue weighted by atomic mass is 10.1. The predicted octanol–water partition coefficient (Wildman–Crippen LogP) is 4.38. The summed E-state index contributed by atoms with van der Waals surface area (Å²) in [6, 6.07) is 21.4. The molecule has 1 aliphatic rings. The van der Waals surface area contributed by atoms with Gasteiger partial charge in [-0.2, -0.15) is 9.29 Å². The van der Waals surface area contributed by atoms with Crippen LogP contribution < -0.4 is 27.8 Å². The SMILES string of the molecule is NC(N)=NCCCNCc1ccc(-n2cc3cc(-c4ccc(S(=O)(=O)N(Cc5ccc(Cl)c(Cl)c5)C5CCNCC5)cc4)[nH]c3nc2=O)cc1. The van der Waals surface area contributed by atoms with Crippen LogP contribution in [0.15, 0.2) is 93.7 Å². The Balaban J connectivity index is 1.18. The highest BCUT2D eigenvalue weighted by Gasteiger charge is 2.32. The second kappa shape index (κ2) is 15.8. The zero-order valence-corrected chi connectivity index (χ0v) is 29.6. The summed E-state index contributed by atoms with van der Waals surface area (Å²) in [4.78, 5) is 24.7. The van der Waals surface area contributed by atoms with Crippen LogP contribution in [0.3, 0.4) is 0 Å². The molecule has 15 heteroatoms. The van der Waals surface area contributed by atoms with Crippen molar-refractivity contribution in [1.82, 2.24) is 29.5 Å². The number of fused-ring (bicyclic) bond motifs is 1. The first-order chi connectivity index (χ1) is 24.1. The molecule has 262 valence electrons. The number of hydrogen-bond donors (Lipinski definition) is 5. The average Bonchev–Trinajstić information content (AvgIpc) is 3.53. The molecular formula is C35H39Cl2N9O3S. The zero-order chi connectivity index (χ0) is 35.3. The smallest absolute Gasteiger partial charge is 0.354 e. The molecule has 50 heavy (non-hydrogen) atoms. The van der Waals surface area contributed by atoms with Crippen LogP contribution >= 0.6 is 23.2 Å². The first-order valence-corrected chi connectivity index (χ1v) is 18.5. The fourth-order valence-corrected chi connectivity index (χ4v) is 8.01. The Morgan fingerprint density at radius 2 is 1.70 bits per heavy atom. The number of nitrogens with one attached hydrogen (secondary N) is 3. The van der Waals surface area contributed by atoms with Crippen LogP contribution in [-0.2, 0) is 23.1 Å². The number of nitrogens with zero attached hydrogens (tertiary/aromatic N) is 4. The number of guanidine groups is 1. The number of sulfonamides is 1. The van der Waals surface area contributed by atoms with Crippen molar-refractivity contribution in [3.05, 3.63) is 111 Å². The maximum atomic E-state index is 14.1. The molecule has 7 N–H and O–H groups in total. The van der Waals surface area contributed by atoms with Gasteiger partial charge in [-0.25, -0.2) is 13.2 Å². The van der Waals surface area contributed by atoms with Gasteiger partial charge >= 0.3 is 5.69 Å². The number of aromatic nitrogens is 3. The van der Waals surface area contributed by atoms with Crippen molar-refractivity contribution in [2.75, 3.05) is 26.2 Å². The molecule has 1 saturated heterocycles. The van der Waals surface area contributed by atoms with E-state index in [0.29, 0.717) is 53.0 Å². The van der Waals surface area contributed by atoms with E-state index in [1.165, 1.54) is 4.57 Å². The Labute approximate surface area is 300 Å². The molecule has 6 rings (SSSR count). The van der Waals surface area contributed by atoms with Crippen LogP contribution in [0.2, 0.25) is 10.0 Å². The minimum absolute atomic E-state index is 0.0924. The standard InChI is InChI=1S/C35H39Cl2N9O3S/c36-30-11-4-24(18-31(30)37)21-46(28-12-16-40-17-13-28)50(48,49)29-9-5-25(6-10-29)32-19-26-22-45(35(47)44-33(26)43-32)27-7-2-23(3-8-27)20-41-14-1-15-42-34(38)39/h2-11,18-19,22,28,40-41H,1,12-17,20-21H2,(H4,38,39,42)(H,43,44,47). The van der Waals surface area contributed by atoms with E-state index in [1.807, 2.05) is 30.3 Å². The van der Waals surface area contributed by atoms with E-state index in [2.05, 4.69) is 25.6 Å². The first-order valence-electron chi connectivity index (χ1n) is 16.3. The summed E-state index contributed by atoms with van der Waals surface area (Å²) in [6.07, 6.45) is 3.97. The number of rotatable bonds is 13. The highest BCUT2D eigenvalue weighted by molar-refractivity contribution is 7.89. The van der Waals surface area contributed by atoms with Crippen molar-refractivity contribution in [1.29, 1.82) is 0 Å². The Kier molecular flexibility index (Phi) is 11.2. The summed E-state index contributed by atoms with van der Waals surface area (Å²) in [7, 11) is -3.86. The Hall–Kier alpha value is -4.24. The fourth-order valence-electron chi connectivity index (χ4n) is 6.02. The van der Waals surface area contributed by atoms with E-state index in [4.69, 9.17) is 34.7 Å². The minimum atomic E-state index is -3.86. The highest BCUT2D eigenvalue weighted by atomic mass is 35.5. The highest BCUT2D eigenvalue weighted by Crippen LogP contribution is 2.30. The molecule has 3 heterocycles. The largest absolute Gasteiger partial charge is 0.370 e. The van der Waals surface area contributed by atoms with Gasteiger partial charge in [-0.05, 0) is 98.1 Å². The van der Waals surface area contributed by atoms with Crippen molar-refractivity contribution in [2.24, 2.45) is 16.5 Å². The summed E-state index contributed by atoms with van der Waals surface area (Å²) >= 11 is 12.4. The maximum absolute atomic E-state index is 14.1. The third kappa shape index (κ3) is 8.37. The van der Waals surface area contributed by atoms with Gasteiger partial charge in [0.15, 0.2) is 5.96 Å². The summed E-state index contributed by atoms with van der Waals surface area (Å²) in [5.74, 6) is 0.0924. The van der Waals surface area contributed by atoms with Crippen molar-refractivity contribution >= 4 is 50.2 Å². The summed E-state index contributed by atoms with van der Waals surface area (Å²) in [5, 5.41) is 8.20. The van der Waals surface area contributed by atoms with E-state index < -0.39 is 15.7 Å². The maximum Gasteiger partial charge on any atom is 0.354 e. The second-order valence-electron chi connectivity index (χ2n) is 12.2. The van der Waals surface area contributed by atoms with E-state index >= 15 is 0 Å². The molecule has 0 radical (unpaired) electrons. The fraction of sp³-hybridized carbons (Fsp3) is 0.286. The number of benzene rings is 3. The number of aliphatic imine (C=N–C) groups is 1. The molecule has 5 aromatic rings. The molecule has 0 amide bonds. The molecule has 12 nitrogen and oxygen atoms in total. The molecule has 2 aromatic heterocycles. The second-order valence-corrected chi connectivity index (χ2v) is 14.9. The van der Waals surface area contributed by atoms with Gasteiger partial charge in [-0.15, -0.1) is 0 Å². The molecule has 0 unspecified atom stereocenters. The third-order valence-electron chi connectivity index (χ3n) is 8.67. The van der Waals surface area contributed by atoms with Crippen LogP contribution in [0.1, 0.15) is 30.4 Å². The van der Waals surface area contributed by atoms with E-state index in [9.17, 15) is 13.2 Å². The van der Waals surface area contributed by atoms with Gasteiger partial charge in [0, 0.05) is 43.0 Å². The number of nitrogens with two attached hydrogens (primary N) is 2. The quantitative estimate of drug-likeness (QED) is 0.0672. The predicted molar refractivity (Wildman–Crippen MR) is 199 cm³/mol. The Bertz CT molecular complexity index is 2140. The van der Waals surface area contributed by atoms with Crippen LogP contribution in [0.25, 0.3) is 28.0 Å². The van der Waals surface area contributed by atoms with Crippen LogP contribution in [-0.4, -0.2) is 65.4 Å². The topological polar surface area (TPSA) is 177 Å². The lowest BCUT2D eigenvalue weighted by molar-refractivity contribution is 0.256. The molecular weight excluding hydrogens is 697 g/mol. The molecule has 0 saturated carbocycles. The number of halogens is 2. The van der Waals surface area contributed by atoms with Gasteiger partial charge in [-0.1, -0.05) is 53.5 Å². The summed E-state index contributed by atoms with van der Waals surface area (Å²) in [6.45, 7) is 3.66. The normalized spacial score (nSPS) is 14.0. The third-order valence-corrected chi connectivity index (χ3v) is 11.3. The van der Waals surface area contributed by atoms with E-state index in [0.717, 1.165) is 48.1 Å². The van der Waals surface area contributed by atoms with Crippen LogP contribution in [0, 0.1) is 0 Å². The lowest BCUT2D eigenvalue weighted by Crippen LogP contribution is -2.45. The van der Waals surface area contributed by atoms with Gasteiger partial charge in [0.1, 0.15) is 5.65 Å². The molecule has 1 fully saturated rings. The van der Waals surface area contributed by atoms with Gasteiger partial charge < -0.3 is 27.1 Å².